The van der Waals surface area contributed by atoms with Gasteiger partial charge in [0, 0.05) is 12.5 Å². The fourth-order valence-electron chi connectivity index (χ4n) is 4.77. The van der Waals surface area contributed by atoms with Crippen LogP contribution in [0.1, 0.15) is 50.4 Å². The molecule has 2 aliphatic rings. The minimum absolute atomic E-state index is 0.0262. The molecule has 1 saturated heterocycles. The number of hydrogen-bond acceptors (Lipinski definition) is 6. The van der Waals surface area contributed by atoms with Crippen molar-refractivity contribution < 1.29 is 18.8 Å². The summed E-state index contributed by atoms with van der Waals surface area (Å²) in [5.74, 6) is -0.0262. The van der Waals surface area contributed by atoms with Crippen LogP contribution in [-0.2, 0) is 14.0 Å². The Hall–Kier alpha value is -3.33. The van der Waals surface area contributed by atoms with E-state index in [1.807, 2.05) is 52.0 Å². The van der Waals surface area contributed by atoms with Gasteiger partial charge < -0.3 is 25.1 Å². The SMILES string of the molecule is CC1(C)OB(C(=Cc2nc(Cl)ccc2N)CNC(=O)OCC2c3ccccc3-c3ccccc32)OC1(C)C. The number of fused-ring (bicyclic) bond motifs is 3. The normalized spacial score (nSPS) is 17.7. The zero-order chi connectivity index (χ0) is 27.1. The maximum atomic E-state index is 12.9. The van der Waals surface area contributed by atoms with E-state index in [0.717, 1.165) is 11.1 Å². The molecule has 1 amide bonds. The molecule has 3 aromatic rings. The predicted octanol–water partition coefficient (Wildman–Crippen LogP) is 5.87. The number of nitrogens with zero attached hydrogens (tertiary/aromatic N) is 1. The lowest BCUT2D eigenvalue weighted by atomic mass is 9.77. The first-order valence-corrected chi connectivity index (χ1v) is 13.0. The number of alkyl carbamates (subject to hydrolysis) is 1. The van der Waals surface area contributed by atoms with Crippen molar-refractivity contribution in [3.05, 3.63) is 88.1 Å². The molecule has 0 radical (unpaired) electrons. The molecule has 0 bridgehead atoms. The molecule has 2 aromatic carbocycles. The summed E-state index contributed by atoms with van der Waals surface area (Å²) >= 11 is 6.11. The van der Waals surface area contributed by atoms with Gasteiger partial charge in [0.25, 0.3) is 0 Å². The Morgan fingerprint density at radius 1 is 1.03 bits per heavy atom. The van der Waals surface area contributed by atoms with Crippen molar-refractivity contribution in [1.29, 1.82) is 0 Å². The number of carbonyl (C=O) groups is 1. The van der Waals surface area contributed by atoms with Gasteiger partial charge in [0.05, 0.1) is 22.6 Å². The summed E-state index contributed by atoms with van der Waals surface area (Å²) in [5.41, 5.74) is 11.2. The summed E-state index contributed by atoms with van der Waals surface area (Å²) in [6, 6.07) is 19.7. The molecule has 0 atom stereocenters. The number of hydrogen-bond donors (Lipinski definition) is 2. The molecule has 1 aromatic heterocycles. The average Bonchev–Trinajstić information content (AvgIpc) is 3.31. The third-order valence-corrected chi connectivity index (χ3v) is 7.79. The molecular weight excluding hydrogens is 501 g/mol. The van der Waals surface area contributed by atoms with Gasteiger partial charge >= 0.3 is 13.2 Å². The van der Waals surface area contributed by atoms with E-state index < -0.39 is 24.4 Å². The summed E-state index contributed by atoms with van der Waals surface area (Å²) in [5, 5.41) is 3.16. The minimum atomic E-state index is -0.714. The topological polar surface area (TPSA) is 95.7 Å². The van der Waals surface area contributed by atoms with E-state index in [9.17, 15) is 4.79 Å². The largest absolute Gasteiger partial charge is 0.492 e. The van der Waals surface area contributed by atoms with Crippen molar-refractivity contribution in [2.24, 2.45) is 0 Å². The number of amides is 1. The molecule has 9 heteroatoms. The van der Waals surface area contributed by atoms with Crippen LogP contribution >= 0.6 is 11.6 Å². The molecule has 38 heavy (non-hydrogen) atoms. The molecule has 2 heterocycles. The summed E-state index contributed by atoms with van der Waals surface area (Å²) in [7, 11) is -0.714. The zero-order valence-electron chi connectivity index (χ0n) is 22.0. The monoisotopic (exact) mass is 531 g/mol. The van der Waals surface area contributed by atoms with Crippen LogP contribution in [0.15, 0.2) is 66.1 Å². The van der Waals surface area contributed by atoms with E-state index in [4.69, 9.17) is 31.4 Å². The number of anilines is 1. The van der Waals surface area contributed by atoms with E-state index in [1.54, 1.807) is 18.2 Å². The molecule has 0 unspecified atom stereocenters. The van der Waals surface area contributed by atoms with E-state index >= 15 is 0 Å². The van der Waals surface area contributed by atoms with Crippen molar-refractivity contribution >= 4 is 36.6 Å². The Labute approximate surface area is 228 Å². The standard InChI is InChI=1S/C29H31BClN3O4/c1-28(2)29(3,4)38-30(37-28)18(15-25-24(32)13-14-26(31)34-25)16-33-27(35)36-17-23-21-11-7-5-9-19(21)20-10-6-8-12-22(20)23/h5-15,23H,16-17,32H2,1-4H3,(H,33,35). The van der Waals surface area contributed by atoms with Gasteiger partial charge in [-0.25, -0.2) is 9.78 Å². The number of nitrogens with one attached hydrogen (secondary N) is 1. The maximum absolute atomic E-state index is 12.9. The highest BCUT2D eigenvalue weighted by atomic mass is 35.5. The van der Waals surface area contributed by atoms with Gasteiger partial charge in [-0.05, 0) is 73.6 Å². The number of nitrogen functional groups attached to an aromatic ring is 1. The zero-order valence-corrected chi connectivity index (χ0v) is 22.7. The molecule has 1 aliphatic carbocycles. The third-order valence-electron chi connectivity index (χ3n) is 7.58. The first-order chi connectivity index (χ1) is 18.1. The Morgan fingerprint density at radius 3 is 2.21 bits per heavy atom. The lowest BCUT2D eigenvalue weighted by Crippen LogP contribution is -2.41. The molecule has 196 valence electrons. The van der Waals surface area contributed by atoms with Gasteiger partial charge in [-0.2, -0.15) is 0 Å². The lowest BCUT2D eigenvalue weighted by Gasteiger charge is -2.32. The Balaban J connectivity index is 1.31. The van der Waals surface area contributed by atoms with E-state index in [2.05, 4.69) is 34.6 Å². The number of rotatable bonds is 6. The molecule has 5 rings (SSSR count). The van der Waals surface area contributed by atoms with Crippen molar-refractivity contribution in [3.63, 3.8) is 0 Å². The van der Waals surface area contributed by atoms with Gasteiger partial charge in [-0.3, -0.25) is 0 Å². The first kappa shape index (κ1) is 26.3. The van der Waals surface area contributed by atoms with Crippen molar-refractivity contribution in [2.45, 2.75) is 44.8 Å². The molecule has 0 spiro atoms. The number of pyridine rings is 1. The van der Waals surface area contributed by atoms with Gasteiger partial charge in [0.15, 0.2) is 0 Å². The number of benzene rings is 2. The van der Waals surface area contributed by atoms with Gasteiger partial charge in [-0.1, -0.05) is 60.1 Å². The molecule has 3 N–H and O–H groups in total. The highest BCUT2D eigenvalue weighted by Crippen LogP contribution is 2.44. The van der Waals surface area contributed by atoms with Crippen LogP contribution in [-0.4, -0.2) is 42.5 Å². The van der Waals surface area contributed by atoms with E-state index in [1.165, 1.54) is 11.1 Å². The number of aromatic nitrogens is 1. The molecule has 0 saturated carbocycles. The number of ether oxygens (including phenoxy) is 1. The molecule has 7 nitrogen and oxygen atoms in total. The quantitative estimate of drug-likeness (QED) is 0.305. The van der Waals surface area contributed by atoms with Crippen molar-refractivity contribution in [2.75, 3.05) is 18.9 Å². The highest BCUT2D eigenvalue weighted by Gasteiger charge is 2.52. The Morgan fingerprint density at radius 2 is 1.61 bits per heavy atom. The highest BCUT2D eigenvalue weighted by molar-refractivity contribution is 6.56. The van der Waals surface area contributed by atoms with Crippen LogP contribution in [0.5, 0.6) is 0 Å². The number of carbonyl (C=O) groups excluding carboxylic acids is 1. The molecular formula is C29H31BClN3O4. The number of halogens is 1. The van der Waals surface area contributed by atoms with Gasteiger partial charge in [0.2, 0.25) is 0 Å². The first-order valence-electron chi connectivity index (χ1n) is 12.6. The fraction of sp³-hybridized carbons (Fsp3) is 0.310. The van der Waals surface area contributed by atoms with Crippen LogP contribution in [0.2, 0.25) is 5.15 Å². The summed E-state index contributed by atoms with van der Waals surface area (Å²) < 4.78 is 18.2. The summed E-state index contributed by atoms with van der Waals surface area (Å²) in [4.78, 5) is 17.2. The fourth-order valence-corrected chi connectivity index (χ4v) is 4.93. The maximum Gasteiger partial charge on any atom is 0.492 e. The van der Waals surface area contributed by atoms with Crippen LogP contribution in [0.25, 0.3) is 17.2 Å². The van der Waals surface area contributed by atoms with Crippen molar-refractivity contribution in [3.8, 4) is 11.1 Å². The predicted molar refractivity (Wildman–Crippen MR) is 151 cm³/mol. The molecule has 1 fully saturated rings. The Bertz CT molecular complexity index is 1350. The second kappa shape index (κ2) is 10.1. The second-order valence-electron chi connectivity index (χ2n) is 10.6. The summed E-state index contributed by atoms with van der Waals surface area (Å²) in [6.45, 7) is 8.20. The lowest BCUT2D eigenvalue weighted by molar-refractivity contribution is 0.00578. The third kappa shape index (κ3) is 5.04. The number of nitrogens with two attached hydrogens (primary N) is 1. The summed E-state index contributed by atoms with van der Waals surface area (Å²) in [6.07, 6.45) is 1.20. The smallest absolute Gasteiger partial charge is 0.449 e. The van der Waals surface area contributed by atoms with Gasteiger partial charge in [-0.15, -0.1) is 0 Å². The van der Waals surface area contributed by atoms with Crippen LogP contribution in [0.4, 0.5) is 10.5 Å². The van der Waals surface area contributed by atoms with E-state index in [0.29, 0.717) is 22.0 Å². The molecule has 1 aliphatic heterocycles. The van der Waals surface area contributed by atoms with Crippen LogP contribution < -0.4 is 11.1 Å². The second-order valence-corrected chi connectivity index (χ2v) is 11.0. The van der Waals surface area contributed by atoms with Gasteiger partial charge in [0.1, 0.15) is 11.8 Å². The Kier molecular flexibility index (Phi) is 6.98. The van der Waals surface area contributed by atoms with E-state index in [-0.39, 0.29) is 19.1 Å². The van der Waals surface area contributed by atoms with Crippen LogP contribution in [0.3, 0.4) is 0 Å². The van der Waals surface area contributed by atoms with Crippen LogP contribution in [0, 0.1) is 0 Å². The average molecular weight is 532 g/mol. The minimum Gasteiger partial charge on any atom is -0.449 e. The van der Waals surface area contributed by atoms with Crippen molar-refractivity contribution in [1.82, 2.24) is 10.3 Å².